The Bertz CT molecular complexity index is 695. The Morgan fingerprint density at radius 1 is 1.33 bits per heavy atom. The largest absolute Gasteiger partial charge is 0.489 e. The average Bonchev–Trinajstić information content (AvgIpc) is 2.86. The van der Waals surface area contributed by atoms with Gasteiger partial charge in [0, 0.05) is 51.2 Å². The molecule has 1 aliphatic heterocycles. The molecule has 2 aromatic rings. The van der Waals surface area contributed by atoms with Crippen molar-refractivity contribution >= 4 is 5.91 Å². The second-order valence-electron chi connectivity index (χ2n) is 6.48. The molecule has 3 rings (SSSR count). The maximum Gasteiger partial charge on any atom is 0.224 e. The minimum atomic E-state index is 0.0701. The molecule has 0 saturated heterocycles. The second-order valence-corrected chi connectivity index (χ2v) is 6.48. The summed E-state index contributed by atoms with van der Waals surface area (Å²) in [5, 5.41) is 3.02. The lowest BCUT2D eigenvalue weighted by atomic mass is 10.2. The van der Waals surface area contributed by atoms with Gasteiger partial charge in [-0.25, -0.2) is 0 Å². The fraction of sp³-hybridized carbons (Fsp3) is 0.421. The van der Waals surface area contributed by atoms with Gasteiger partial charge < -0.3 is 14.6 Å². The van der Waals surface area contributed by atoms with E-state index < -0.39 is 0 Å². The van der Waals surface area contributed by atoms with Crippen LogP contribution in [0, 0.1) is 0 Å². The quantitative estimate of drug-likeness (QED) is 0.913. The van der Waals surface area contributed by atoms with Gasteiger partial charge in [0.1, 0.15) is 11.9 Å². The van der Waals surface area contributed by atoms with Gasteiger partial charge in [0.2, 0.25) is 5.91 Å². The van der Waals surface area contributed by atoms with Gasteiger partial charge in [-0.1, -0.05) is 18.2 Å². The molecule has 0 bridgehead atoms. The Hall–Kier alpha value is -2.27. The highest BCUT2D eigenvalue weighted by Crippen LogP contribution is 2.24. The number of amides is 1. The first kappa shape index (κ1) is 16.6. The molecule has 0 aliphatic carbocycles. The summed E-state index contributed by atoms with van der Waals surface area (Å²) in [5.41, 5.74) is 2.25. The normalized spacial score (nSPS) is 17.7. The number of fused-ring (bicyclic) bond motifs is 1. The van der Waals surface area contributed by atoms with E-state index >= 15 is 0 Å². The number of benzene rings is 1. The number of nitrogens with zero attached hydrogens (tertiary/aromatic N) is 2. The van der Waals surface area contributed by atoms with Crippen LogP contribution in [-0.4, -0.2) is 41.1 Å². The van der Waals surface area contributed by atoms with E-state index in [0.29, 0.717) is 13.0 Å². The SMILES string of the molecule is CC1CN(CCNC(=O)Cc2ccn(C)c2)Cc2ccccc2O1. The fourth-order valence-electron chi connectivity index (χ4n) is 3.11. The van der Waals surface area contributed by atoms with Gasteiger partial charge in [-0.15, -0.1) is 0 Å². The first-order chi connectivity index (χ1) is 11.6. The third-order valence-electron chi connectivity index (χ3n) is 4.22. The van der Waals surface area contributed by atoms with Crippen molar-refractivity contribution in [3.63, 3.8) is 0 Å². The van der Waals surface area contributed by atoms with E-state index in [1.54, 1.807) is 0 Å². The first-order valence-corrected chi connectivity index (χ1v) is 8.44. The molecule has 0 fully saturated rings. The number of carbonyl (C=O) groups excluding carboxylic acids is 1. The summed E-state index contributed by atoms with van der Waals surface area (Å²) in [6.07, 6.45) is 4.51. The van der Waals surface area contributed by atoms with Crippen LogP contribution in [0.5, 0.6) is 5.75 Å². The van der Waals surface area contributed by atoms with E-state index in [0.717, 1.165) is 30.9 Å². The van der Waals surface area contributed by atoms with Crippen molar-refractivity contribution < 1.29 is 9.53 Å². The molecule has 1 atom stereocenters. The number of rotatable bonds is 5. The molecule has 2 heterocycles. The smallest absolute Gasteiger partial charge is 0.224 e. The summed E-state index contributed by atoms with van der Waals surface area (Å²) < 4.78 is 7.92. The molecule has 5 heteroatoms. The zero-order chi connectivity index (χ0) is 16.9. The van der Waals surface area contributed by atoms with Crippen molar-refractivity contribution in [3.05, 3.63) is 53.9 Å². The van der Waals surface area contributed by atoms with Crippen LogP contribution in [0.2, 0.25) is 0 Å². The van der Waals surface area contributed by atoms with Crippen molar-refractivity contribution in [2.75, 3.05) is 19.6 Å². The van der Waals surface area contributed by atoms with Gasteiger partial charge in [0.25, 0.3) is 0 Å². The van der Waals surface area contributed by atoms with E-state index in [9.17, 15) is 4.79 Å². The molecule has 1 unspecified atom stereocenters. The summed E-state index contributed by atoms with van der Waals surface area (Å²) >= 11 is 0. The molecule has 24 heavy (non-hydrogen) atoms. The Morgan fingerprint density at radius 2 is 2.17 bits per heavy atom. The van der Waals surface area contributed by atoms with Crippen LogP contribution in [0.25, 0.3) is 0 Å². The van der Waals surface area contributed by atoms with Crippen LogP contribution >= 0.6 is 0 Å². The van der Waals surface area contributed by atoms with Gasteiger partial charge in [0.15, 0.2) is 0 Å². The molecule has 128 valence electrons. The highest BCUT2D eigenvalue weighted by Gasteiger charge is 2.19. The summed E-state index contributed by atoms with van der Waals surface area (Å²) in [6, 6.07) is 10.2. The fourth-order valence-corrected chi connectivity index (χ4v) is 3.11. The van der Waals surface area contributed by atoms with Crippen LogP contribution in [0.4, 0.5) is 0 Å². The molecule has 1 aromatic heterocycles. The van der Waals surface area contributed by atoms with Crippen LogP contribution in [0.15, 0.2) is 42.7 Å². The number of hydrogen-bond acceptors (Lipinski definition) is 3. The van der Waals surface area contributed by atoms with Gasteiger partial charge >= 0.3 is 0 Å². The van der Waals surface area contributed by atoms with Gasteiger partial charge in [-0.2, -0.15) is 0 Å². The van der Waals surface area contributed by atoms with Gasteiger partial charge in [-0.05, 0) is 24.6 Å². The van der Waals surface area contributed by atoms with Crippen LogP contribution in [-0.2, 0) is 24.8 Å². The third-order valence-corrected chi connectivity index (χ3v) is 4.22. The maximum atomic E-state index is 12.0. The molecule has 0 radical (unpaired) electrons. The molecule has 0 saturated carbocycles. The number of nitrogens with one attached hydrogen (secondary N) is 1. The zero-order valence-electron chi connectivity index (χ0n) is 14.4. The van der Waals surface area contributed by atoms with Crippen LogP contribution < -0.4 is 10.1 Å². The van der Waals surface area contributed by atoms with Crippen molar-refractivity contribution in [1.29, 1.82) is 0 Å². The van der Waals surface area contributed by atoms with Crippen molar-refractivity contribution in [1.82, 2.24) is 14.8 Å². The summed E-state index contributed by atoms with van der Waals surface area (Å²) in [6.45, 7) is 5.28. The number of aryl methyl sites for hydroxylation is 1. The monoisotopic (exact) mass is 327 g/mol. The average molecular weight is 327 g/mol. The van der Waals surface area contributed by atoms with Crippen molar-refractivity contribution in [2.24, 2.45) is 7.05 Å². The number of para-hydroxylation sites is 1. The van der Waals surface area contributed by atoms with E-state index in [2.05, 4.69) is 23.2 Å². The lowest BCUT2D eigenvalue weighted by Crippen LogP contribution is -2.38. The number of ether oxygens (including phenoxy) is 1. The van der Waals surface area contributed by atoms with E-state index in [1.807, 2.05) is 48.3 Å². The highest BCUT2D eigenvalue weighted by atomic mass is 16.5. The molecule has 0 spiro atoms. The zero-order valence-corrected chi connectivity index (χ0v) is 14.4. The Labute approximate surface area is 143 Å². The molecular formula is C19H25N3O2. The second kappa shape index (κ2) is 7.53. The Kier molecular flexibility index (Phi) is 5.20. The van der Waals surface area contributed by atoms with Crippen molar-refractivity contribution in [3.8, 4) is 5.75 Å². The standard InChI is InChI=1S/C19H25N3O2/c1-15-12-22(14-17-5-3-4-6-18(17)24-15)10-8-20-19(23)11-16-7-9-21(2)13-16/h3-7,9,13,15H,8,10-12,14H2,1-2H3,(H,20,23). The molecule has 1 amide bonds. The first-order valence-electron chi connectivity index (χ1n) is 8.44. The Balaban J connectivity index is 1.48. The number of hydrogen-bond donors (Lipinski definition) is 1. The van der Waals surface area contributed by atoms with E-state index in [-0.39, 0.29) is 12.0 Å². The summed E-state index contributed by atoms with van der Waals surface area (Å²) in [7, 11) is 1.96. The van der Waals surface area contributed by atoms with E-state index in [4.69, 9.17) is 4.74 Å². The number of carbonyl (C=O) groups is 1. The number of aromatic nitrogens is 1. The van der Waals surface area contributed by atoms with E-state index in [1.165, 1.54) is 5.56 Å². The van der Waals surface area contributed by atoms with Gasteiger partial charge in [0.05, 0.1) is 6.42 Å². The topological polar surface area (TPSA) is 46.5 Å². The summed E-state index contributed by atoms with van der Waals surface area (Å²) in [5.74, 6) is 1.04. The predicted octanol–water partition coefficient (Wildman–Crippen LogP) is 1.97. The molecule has 1 aromatic carbocycles. The molecule has 1 aliphatic rings. The molecule has 5 nitrogen and oxygen atoms in total. The lowest BCUT2D eigenvalue weighted by Gasteiger charge is -2.21. The van der Waals surface area contributed by atoms with Crippen LogP contribution in [0.3, 0.4) is 0 Å². The molecule has 1 N–H and O–H groups in total. The Morgan fingerprint density at radius 3 is 2.96 bits per heavy atom. The van der Waals surface area contributed by atoms with Gasteiger partial charge in [-0.3, -0.25) is 9.69 Å². The minimum absolute atomic E-state index is 0.0701. The maximum absolute atomic E-state index is 12.0. The predicted molar refractivity (Wildman–Crippen MR) is 93.9 cm³/mol. The molecular weight excluding hydrogens is 302 g/mol. The van der Waals surface area contributed by atoms with Crippen molar-refractivity contribution in [2.45, 2.75) is 26.0 Å². The highest BCUT2D eigenvalue weighted by molar-refractivity contribution is 5.78. The third kappa shape index (κ3) is 4.38. The minimum Gasteiger partial charge on any atom is -0.489 e. The lowest BCUT2D eigenvalue weighted by molar-refractivity contribution is -0.120. The summed E-state index contributed by atoms with van der Waals surface area (Å²) in [4.78, 5) is 14.4. The van der Waals surface area contributed by atoms with Crippen LogP contribution in [0.1, 0.15) is 18.1 Å².